The van der Waals surface area contributed by atoms with Gasteiger partial charge in [0.25, 0.3) is 0 Å². The maximum Gasteiger partial charge on any atom is 0.411 e. The minimum absolute atomic E-state index is 0.127. The molecule has 0 spiro atoms. The van der Waals surface area contributed by atoms with Crippen LogP contribution in [0.25, 0.3) is 0 Å². The Hall–Kier alpha value is -1.83. The summed E-state index contributed by atoms with van der Waals surface area (Å²) < 4.78 is 65.4. The van der Waals surface area contributed by atoms with Gasteiger partial charge in [-0.05, 0) is 18.2 Å². The fraction of sp³-hybridized carbons (Fsp3) is 0.364. The van der Waals surface area contributed by atoms with Crippen molar-refractivity contribution in [3.05, 3.63) is 23.8 Å². The van der Waals surface area contributed by atoms with Gasteiger partial charge in [-0.1, -0.05) is 0 Å². The van der Waals surface area contributed by atoms with E-state index in [-0.39, 0.29) is 22.7 Å². The van der Waals surface area contributed by atoms with E-state index in [4.69, 9.17) is 11.0 Å². The van der Waals surface area contributed by atoms with Gasteiger partial charge < -0.3 is 10.5 Å². The molecule has 0 unspecified atom stereocenters. The lowest BCUT2D eigenvalue weighted by Gasteiger charge is -2.10. The Morgan fingerprint density at radius 2 is 2.05 bits per heavy atom. The molecule has 0 saturated heterocycles. The van der Waals surface area contributed by atoms with E-state index in [1.165, 1.54) is 12.1 Å². The Balaban J connectivity index is 2.61. The van der Waals surface area contributed by atoms with Crippen molar-refractivity contribution in [3.8, 4) is 6.07 Å². The van der Waals surface area contributed by atoms with Gasteiger partial charge in [0.15, 0.2) is 0 Å². The summed E-state index contributed by atoms with van der Waals surface area (Å²) >= 11 is 0. The third-order valence-corrected chi connectivity index (χ3v) is 3.77. The Morgan fingerprint density at radius 3 is 2.57 bits per heavy atom. The summed E-state index contributed by atoms with van der Waals surface area (Å²) in [4.78, 5) is -0.252. The lowest BCUT2D eigenvalue weighted by molar-refractivity contribution is -0.173. The Labute approximate surface area is 119 Å². The molecule has 0 aliphatic rings. The van der Waals surface area contributed by atoms with Crippen LogP contribution in [-0.4, -0.2) is 34.4 Å². The van der Waals surface area contributed by atoms with Gasteiger partial charge in [-0.3, -0.25) is 0 Å². The summed E-state index contributed by atoms with van der Waals surface area (Å²) in [6, 6.07) is 5.40. The van der Waals surface area contributed by atoms with Crippen LogP contribution in [-0.2, 0) is 14.8 Å². The van der Waals surface area contributed by atoms with Crippen molar-refractivity contribution in [2.45, 2.75) is 11.1 Å². The van der Waals surface area contributed by atoms with Crippen molar-refractivity contribution >= 4 is 15.7 Å². The fourth-order valence-corrected chi connectivity index (χ4v) is 2.50. The van der Waals surface area contributed by atoms with Crippen LogP contribution in [0, 0.1) is 11.3 Å². The predicted molar refractivity (Wildman–Crippen MR) is 67.6 cm³/mol. The lowest BCUT2D eigenvalue weighted by Crippen LogP contribution is -2.29. The number of hydrogen-bond acceptors (Lipinski definition) is 5. The smallest absolute Gasteiger partial charge is 0.398 e. The Kier molecular flexibility index (Phi) is 5.54. The monoisotopic (exact) mass is 323 g/mol. The number of nitrogens with two attached hydrogens (primary N) is 1. The van der Waals surface area contributed by atoms with Crippen LogP contribution in [0.4, 0.5) is 18.9 Å². The molecule has 0 aliphatic heterocycles. The van der Waals surface area contributed by atoms with Crippen LogP contribution in [0.15, 0.2) is 23.1 Å². The molecular formula is C11H12F3N3O3S. The molecule has 10 heteroatoms. The molecule has 0 radical (unpaired) electrons. The number of ether oxygens (including phenoxy) is 1. The molecule has 1 rings (SSSR count). The fourth-order valence-electron chi connectivity index (χ4n) is 1.38. The number of anilines is 1. The average Bonchev–Trinajstić information content (AvgIpc) is 2.36. The maximum atomic E-state index is 11.9. The van der Waals surface area contributed by atoms with Crippen molar-refractivity contribution in [3.63, 3.8) is 0 Å². The summed E-state index contributed by atoms with van der Waals surface area (Å²) in [6.45, 7) is -2.22. The van der Waals surface area contributed by atoms with Gasteiger partial charge in [-0.2, -0.15) is 18.4 Å². The quantitative estimate of drug-likeness (QED) is 0.600. The zero-order valence-corrected chi connectivity index (χ0v) is 11.5. The highest BCUT2D eigenvalue weighted by Gasteiger charge is 2.27. The molecule has 1 aromatic carbocycles. The zero-order chi connectivity index (χ0) is 16.1. The van der Waals surface area contributed by atoms with Crippen LogP contribution < -0.4 is 10.5 Å². The second-order valence-electron chi connectivity index (χ2n) is 3.93. The first-order valence-electron chi connectivity index (χ1n) is 5.59. The molecule has 0 heterocycles. The first-order valence-corrected chi connectivity index (χ1v) is 7.08. The third kappa shape index (κ3) is 5.58. The normalized spacial score (nSPS) is 12.1. The van der Waals surface area contributed by atoms with Gasteiger partial charge in [0.1, 0.15) is 11.5 Å². The number of sulfonamides is 1. The highest BCUT2D eigenvalue weighted by atomic mass is 32.2. The third-order valence-electron chi connectivity index (χ3n) is 2.23. The average molecular weight is 323 g/mol. The second kappa shape index (κ2) is 6.75. The number of nitriles is 1. The van der Waals surface area contributed by atoms with E-state index in [1.807, 2.05) is 0 Å². The molecule has 0 bridgehead atoms. The Morgan fingerprint density at radius 1 is 1.38 bits per heavy atom. The van der Waals surface area contributed by atoms with Crippen molar-refractivity contribution in [2.24, 2.45) is 0 Å². The second-order valence-corrected chi connectivity index (χ2v) is 5.67. The molecule has 0 atom stereocenters. The van der Waals surface area contributed by atoms with E-state index in [2.05, 4.69) is 9.46 Å². The Bertz CT molecular complexity index is 638. The highest BCUT2D eigenvalue weighted by Crippen LogP contribution is 2.19. The van der Waals surface area contributed by atoms with Crippen LogP contribution in [0.2, 0.25) is 0 Å². The van der Waals surface area contributed by atoms with Gasteiger partial charge in [0.05, 0.1) is 23.9 Å². The first-order chi connectivity index (χ1) is 9.65. The minimum Gasteiger partial charge on any atom is -0.398 e. The van der Waals surface area contributed by atoms with Gasteiger partial charge in [0.2, 0.25) is 10.0 Å². The number of nitrogens with zero attached hydrogens (tertiary/aromatic N) is 1. The maximum absolute atomic E-state index is 11.9. The largest absolute Gasteiger partial charge is 0.411 e. The number of alkyl halides is 3. The summed E-state index contributed by atoms with van der Waals surface area (Å²) in [5.74, 6) is 0. The van der Waals surface area contributed by atoms with Crippen LogP contribution in [0.5, 0.6) is 0 Å². The molecule has 6 nitrogen and oxygen atoms in total. The number of hydrogen-bond donors (Lipinski definition) is 2. The molecule has 116 valence electrons. The predicted octanol–water partition coefficient (Wildman–Crippen LogP) is 0.998. The van der Waals surface area contributed by atoms with Crippen molar-refractivity contribution < 1.29 is 26.3 Å². The van der Waals surface area contributed by atoms with Crippen LogP contribution in [0.3, 0.4) is 0 Å². The van der Waals surface area contributed by atoms with E-state index in [1.54, 1.807) is 6.07 Å². The molecule has 3 N–H and O–H groups in total. The number of benzene rings is 1. The molecule has 1 aromatic rings. The molecule has 0 saturated carbocycles. The lowest BCUT2D eigenvalue weighted by atomic mass is 10.2. The van der Waals surface area contributed by atoms with E-state index in [9.17, 15) is 21.6 Å². The summed E-state index contributed by atoms with van der Waals surface area (Å²) in [6.07, 6.45) is -4.46. The highest BCUT2D eigenvalue weighted by molar-refractivity contribution is 7.89. The van der Waals surface area contributed by atoms with Crippen LogP contribution >= 0.6 is 0 Å². The SMILES string of the molecule is N#Cc1ccc(S(=O)(=O)NCCOCC(F)(F)F)c(N)c1. The molecule has 0 aliphatic carbocycles. The summed E-state index contributed by atoms with van der Waals surface area (Å²) in [7, 11) is -3.98. The van der Waals surface area contributed by atoms with E-state index in [0.29, 0.717) is 0 Å². The molecule has 21 heavy (non-hydrogen) atoms. The van der Waals surface area contributed by atoms with E-state index < -0.39 is 29.4 Å². The standard InChI is InChI=1S/C11H12F3N3O3S/c12-11(13,14)7-20-4-3-17-21(18,19)10-2-1-8(6-15)5-9(10)16/h1-2,5,17H,3-4,7,16H2. The summed E-state index contributed by atoms with van der Waals surface area (Å²) in [5, 5.41) is 8.64. The number of nitrogen functional groups attached to an aromatic ring is 1. The first kappa shape index (κ1) is 17.2. The van der Waals surface area contributed by atoms with Crippen LogP contribution in [0.1, 0.15) is 5.56 Å². The minimum atomic E-state index is -4.46. The number of halogens is 3. The molecular weight excluding hydrogens is 311 g/mol. The summed E-state index contributed by atoms with van der Waals surface area (Å²) in [5.41, 5.74) is 5.59. The number of nitrogens with one attached hydrogen (secondary N) is 1. The van der Waals surface area contributed by atoms with E-state index >= 15 is 0 Å². The van der Waals surface area contributed by atoms with Crippen molar-refractivity contribution in [1.82, 2.24) is 4.72 Å². The molecule has 0 amide bonds. The van der Waals surface area contributed by atoms with E-state index in [0.717, 1.165) is 6.07 Å². The van der Waals surface area contributed by atoms with Crippen molar-refractivity contribution in [1.29, 1.82) is 5.26 Å². The molecule has 0 aromatic heterocycles. The number of rotatable bonds is 6. The van der Waals surface area contributed by atoms with Gasteiger partial charge in [-0.15, -0.1) is 0 Å². The van der Waals surface area contributed by atoms with Gasteiger partial charge in [0, 0.05) is 6.54 Å². The van der Waals surface area contributed by atoms with Gasteiger partial charge in [-0.25, -0.2) is 13.1 Å². The zero-order valence-electron chi connectivity index (χ0n) is 10.6. The van der Waals surface area contributed by atoms with Crippen molar-refractivity contribution in [2.75, 3.05) is 25.5 Å². The topological polar surface area (TPSA) is 105 Å². The van der Waals surface area contributed by atoms with Gasteiger partial charge >= 0.3 is 6.18 Å². The molecule has 0 fully saturated rings.